The molecule has 0 aliphatic rings. The van der Waals surface area contributed by atoms with Crippen molar-refractivity contribution in [3.63, 3.8) is 0 Å². The minimum absolute atomic E-state index is 0.878. The summed E-state index contributed by atoms with van der Waals surface area (Å²) in [6.45, 7) is 0. The van der Waals surface area contributed by atoms with Crippen LogP contribution in [0.25, 0.3) is 22.3 Å². The number of benzene rings is 4. The van der Waals surface area contributed by atoms with Crippen molar-refractivity contribution in [2.24, 2.45) is 0 Å². The average Bonchev–Trinajstić information content (AvgIpc) is 2.80. The number of hydrogen-bond acceptors (Lipinski definition) is 2. The van der Waals surface area contributed by atoms with E-state index in [2.05, 4.69) is 72.8 Å². The Balaban J connectivity index is 1.47. The summed E-state index contributed by atoms with van der Waals surface area (Å²) >= 11 is 0. The Hall–Kier alpha value is -3.52. The van der Waals surface area contributed by atoms with Gasteiger partial charge in [0, 0.05) is 0 Å². The molecule has 0 fully saturated rings. The first kappa shape index (κ1) is 18.8. The van der Waals surface area contributed by atoms with E-state index >= 15 is 0 Å². The van der Waals surface area contributed by atoms with Gasteiger partial charge in [0.05, 0.1) is 14.2 Å². The van der Waals surface area contributed by atoms with E-state index in [1.165, 1.54) is 33.4 Å². The van der Waals surface area contributed by atoms with Crippen molar-refractivity contribution in [3.05, 3.63) is 108 Å². The largest absolute Gasteiger partial charge is 0.497 e. The molecule has 0 bridgehead atoms. The maximum absolute atomic E-state index is 5.33. The minimum Gasteiger partial charge on any atom is -0.497 e. The number of rotatable bonds is 6. The quantitative estimate of drug-likeness (QED) is 0.374. The van der Waals surface area contributed by atoms with E-state index in [0.29, 0.717) is 0 Å². The Morgan fingerprint density at radius 1 is 0.483 bits per heavy atom. The summed E-state index contributed by atoms with van der Waals surface area (Å²) in [6, 6.07) is 33.8. The molecule has 0 aromatic heterocycles. The van der Waals surface area contributed by atoms with E-state index in [1.807, 2.05) is 24.3 Å². The van der Waals surface area contributed by atoms with E-state index in [4.69, 9.17) is 9.47 Å². The summed E-state index contributed by atoms with van der Waals surface area (Å²) in [6.07, 6.45) is 0.913. The molecule has 0 amide bonds. The fraction of sp³-hybridized carbons (Fsp3) is 0.111. The molecule has 0 saturated carbocycles. The summed E-state index contributed by atoms with van der Waals surface area (Å²) in [5.41, 5.74) is 7.32. The number of ether oxygens (including phenoxy) is 2. The van der Waals surface area contributed by atoms with Crippen LogP contribution in [0.5, 0.6) is 11.5 Å². The third-order valence-electron chi connectivity index (χ3n) is 5.12. The van der Waals surface area contributed by atoms with Gasteiger partial charge in [0.15, 0.2) is 0 Å². The minimum atomic E-state index is 0.878. The molecule has 0 spiro atoms. The van der Waals surface area contributed by atoms with Crippen LogP contribution in [-0.4, -0.2) is 14.2 Å². The van der Waals surface area contributed by atoms with Crippen LogP contribution < -0.4 is 9.47 Å². The van der Waals surface area contributed by atoms with Gasteiger partial charge in [-0.3, -0.25) is 0 Å². The summed E-state index contributed by atoms with van der Waals surface area (Å²) in [5, 5.41) is 0. The molecule has 2 heteroatoms. The second-order valence-corrected chi connectivity index (χ2v) is 7.03. The Morgan fingerprint density at radius 3 is 1.28 bits per heavy atom. The molecule has 4 rings (SSSR count). The van der Waals surface area contributed by atoms with Gasteiger partial charge in [0.25, 0.3) is 0 Å². The second kappa shape index (κ2) is 8.66. The van der Waals surface area contributed by atoms with Gasteiger partial charge in [-0.15, -0.1) is 0 Å². The zero-order valence-corrected chi connectivity index (χ0v) is 16.8. The maximum atomic E-state index is 5.33. The first-order valence-corrected chi connectivity index (χ1v) is 9.72. The van der Waals surface area contributed by atoms with Crippen molar-refractivity contribution in [1.29, 1.82) is 0 Å². The Morgan fingerprint density at radius 2 is 0.897 bits per heavy atom. The van der Waals surface area contributed by atoms with Crippen molar-refractivity contribution in [1.82, 2.24) is 0 Å². The summed E-state index contributed by atoms with van der Waals surface area (Å²) in [5.74, 6) is 1.76. The molecule has 0 saturated heterocycles. The highest BCUT2D eigenvalue weighted by molar-refractivity contribution is 5.66. The molecule has 2 nitrogen and oxygen atoms in total. The van der Waals surface area contributed by atoms with Gasteiger partial charge in [-0.2, -0.15) is 0 Å². The molecule has 0 aliphatic carbocycles. The van der Waals surface area contributed by atoms with E-state index in [0.717, 1.165) is 17.9 Å². The van der Waals surface area contributed by atoms with Gasteiger partial charge in [-0.25, -0.2) is 0 Å². The van der Waals surface area contributed by atoms with Crippen LogP contribution in [0.2, 0.25) is 0 Å². The zero-order chi connectivity index (χ0) is 20.1. The summed E-state index contributed by atoms with van der Waals surface area (Å²) in [7, 11) is 3.39. The first-order valence-electron chi connectivity index (χ1n) is 9.72. The van der Waals surface area contributed by atoms with E-state index in [1.54, 1.807) is 14.2 Å². The summed E-state index contributed by atoms with van der Waals surface area (Å²) < 4.78 is 10.7. The molecular formula is C27H24O2. The molecule has 0 heterocycles. The van der Waals surface area contributed by atoms with Gasteiger partial charge in [-0.05, 0) is 64.1 Å². The van der Waals surface area contributed by atoms with E-state index in [9.17, 15) is 0 Å². The van der Waals surface area contributed by atoms with Crippen LogP contribution in [-0.2, 0) is 6.42 Å². The molecular weight excluding hydrogens is 356 g/mol. The van der Waals surface area contributed by atoms with Crippen LogP contribution in [0.1, 0.15) is 11.1 Å². The standard InChI is InChI=1S/C27H24O2/c1-28-26-7-3-5-24(18-26)22-13-9-20(10-14-22)17-21-11-15-23(16-12-21)25-6-4-8-27(19-25)29-2/h3-16,18-19H,17H2,1-2H3. The van der Waals surface area contributed by atoms with Crippen LogP contribution in [0.4, 0.5) is 0 Å². The third kappa shape index (κ3) is 4.49. The molecule has 144 valence electrons. The van der Waals surface area contributed by atoms with Crippen molar-refractivity contribution in [2.45, 2.75) is 6.42 Å². The van der Waals surface area contributed by atoms with Gasteiger partial charge in [0.1, 0.15) is 11.5 Å². The predicted molar refractivity (Wildman–Crippen MR) is 120 cm³/mol. The summed E-state index contributed by atoms with van der Waals surface area (Å²) in [4.78, 5) is 0. The lowest BCUT2D eigenvalue weighted by Gasteiger charge is -2.08. The smallest absolute Gasteiger partial charge is 0.119 e. The lowest BCUT2D eigenvalue weighted by molar-refractivity contribution is 0.415. The number of methoxy groups -OCH3 is 2. The Kier molecular flexibility index (Phi) is 5.62. The van der Waals surface area contributed by atoms with Crippen LogP contribution in [0, 0.1) is 0 Å². The van der Waals surface area contributed by atoms with Gasteiger partial charge in [-0.1, -0.05) is 72.8 Å². The normalized spacial score (nSPS) is 10.6. The molecule has 0 radical (unpaired) electrons. The number of hydrogen-bond donors (Lipinski definition) is 0. The monoisotopic (exact) mass is 380 g/mol. The molecule has 0 atom stereocenters. The van der Waals surface area contributed by atoms with E-state index in [-0.39, 0.29) is 0 Å². The topological polar surface area (TPSA) is 18.5 Å². The SMILES string of the molecule is COc1cccc(-c2ccc(Cc3ccc(-c4cccc(OC)c4)cc3)cc2)c1. The molecule has 0 N–H and O–H groups in total. The van der Waals surface area contributed by atoms with Crippen molar-refractivity contribution >= 4 is 0 Å². The van der Waals surface area contributed by atoms with Crippen LogP contribution >= 0.6 is 0 Å². The van der Waals surface area contributed by atoms with Gasteiger partial charge >= 0.3 is 0 Å². The Bertz CT molecular complexity index is 991. The molecule has 4 aromatic carbocycles. The van der Waals surface area contributed by atoms with E-state index < -0.39 is 0 Å². The highest BCUT2D eigenvalue weighted by Crippen LogP contribution is 2.26. The lowest BCUT2D eigenvalue weighted by Crippen LogP contribution is -1.89. The highest BCUT2D eigenvalue weighted by Gasteiger charge is 2.03. The van der Waals surface area contributed by atoms with Crippen molar-refractivity contribution in [2.75, 3.05) is 14.2 Å². The molecule has 29 heavy (non-hydrogen) atoms. The van der Waals surface area contributed by atoms with Gasteiger partial charge in [0.2, 0.25) is 0 Å². The lowest BCUT2D eigenvalue weighted by atomic mass is 9.98. The molecule has 4 aromatic rings. The predicted octanol–water partition coefficient (Wildman–Crippen LogP) is 6.63. The fourth-order valence-electron chi connectivity index (χ4n) is 3.47. The zero-order valence-electron chi connectivity index (χ0n) is 16.8. The molecule has 0 unspecified atom stereocenters. The Labute approximate surface area is 172 Å². The fourth-order valence-corrected chi connectivity index (χ4v) is 3.47. The first-order chi connectivity index (χ1) is 14.2. The molecule has 0 aliphatic heterocycles. The van der Waals surface area contributed by atoms with Crippen LogP contribution in [0.3, 0.4) is 0 Å². The third-order valence-corrected chi connectivity index (χ3v) is 5.12. The highest BCUT2D eigenvalue weighted by atomic mass is 16.5. The van der Waals surface area contributed by atoms with Crippen molar-refractivity contribution in [3.8, 4) is 33.8 Å². The van der Waals surface area contributed by atoms with Gasteiger partial charge < -0.3 is 9.47 Å². The maximum Gasteiger partial charge on any atom is 0.119 e. The second-order valence-electron chi connectivity index (χ2n) is 7.03. The van der Waals surface area contributed by atoms with Crippen molar-refractivity contribution < 1.29 is 9.47 Å². The average molecular weight is 380 g/mol. The van der Waals surface area contributed by atoms with Crippen LogP contribution in [0.15, 0.2) is 97.1 Å².